The van der Waals surface area contributed by atoms with E-state index in [-0.39, 0.29) is 24.3 Å². The first kappa shape index (κ1) is 18.7. The van der Waals surface area contributed by atoms with E-state index in [0.717, 1.165) is 11.1 Å². The Morgan fingerprint density at radius 1 is 1.36 bits per heavy atom. The van der Waals surface area contributed by atoms with Gasteiger partial charge in [0.1, 0.15) is 18.8 Å². The van der Waals surface area contributed by atoms with Crippen LogP contribution < -0.4 is 4.74 Å². The number of hydrogen-bond donors (Lipinski definition) is 2. The predicted molar refractivity (Wildman–Crippen MR) is 103 cm³/mol. The van der Waals surface area contributed by atoms with Crippen molar-refractivity contribution in [3.05, 3.63) is 35.4 Å². The number of likely N-dealkylation sites (tertiary alicyclic amines) is 1. The largest absolute Gasteiger partial charge is 0.504 e. The second-order valence-corrected chi connectivity index (χ2v) is 10.3. The third kappa shape index (κ3) is 2.48. The fraction of sp³-hybridized carbons (Fsp3) is 0.526. The summed E-state index contributed by atoms with van der Waals surface area (Å²) in [5.74, 6) is 0.475. The topological polar surface area (TPSA) is 79.2 Å². The van der Waals surface area contributed by atoms with E-state index in [1.54, 1.807) is 17.0 Å². The fourth-order valence-electron chi connectivity index (χ4n) is 5.51. The molecule has 0 unspecified atom stereocenters. The van der Waals surface area contributed by atoms with Gasteiger partial charge in [-0.1, -0.05) is 53.0 Å². The quantitative estimate of drug-likeness (QED) is 0.512. The molecule has 0 saturated carbocycles. The van der Waals surface area contributed by atoms with Crippen molar-refractivity contribution < 1.29 is 24.5 Å². The van der Waals surface area contributed by atoms with Crippen molar-refractivity contribution in [1.29, 1.82) is 0 Å². The number of aliphatic hydroxyl groups is 1. The molecule has 5 atom stereocenters. The summed E-state index contributed by atoms with van der Waals surface area (Å²) in [5.41, 5.74) is 1.50. The number of alkyl halides is 3. The highest BCUT2D eigenvalue weighted by Gasteiger charge is 2.65. The highest BCUT2D eigenvalue weighted by atomic mass is 35.6. The number of carbonyl (C=O) groups is 1. The number of halogens is 3. The first-order valence-corrected chi connectivity index (χ1v) is 10.2. The standard InChI is InChI=1S/C19H18Cl3NO5/c20-19(21,22)8-27-17(26)23-6-5-18-10-2-4-13(25)16(18)28-15-12(24)3-1-9(14(15)18)7-11(10)23/h1-4,10-11,13,16,24-25H,5-8H2/t10-,11+,13-,16-,18-/m0/s1. The molecule has 1 aromatic carbocycles. The second-order valence-electron chi connectivity index (χ2n) is 7.81. The Balaban J connectivity index is 1.56. The first-order valence-electron chi connectivity index (χ1n) is 9.11. The van der Waals surface area contributed by atoms with Crippen molar-refractivity contribution in [3.63, 3.8) is 0 Å². The van der Waals surface area contributed by atoms with Gasteiger partial charge >= 0.3 is 6.09 Å². The van der Waals surface area contributed by atoms with E-state index in [9.17, 15) is 15.0 Å². The van der Waals surface area contributed by atoms with Crippen LogP contribution in [0.4, 0.5) is 4.79 Å². The maximum atomic E-state index is 12.7. The second kappa shape index (κ2) is 6.08. The first-order chi connectivity index (χ1) is 13.2. The number of aliphatic hydroxyl groups excluding tert-OH is 1. The zero-order valence-electron chi connectivity index (χ0n) is 14.6. The van der Waals surface area contributed by atoms with E-state index in [2.05, 4.69) is 0 Å². The number of phenols is 1. The minimum atomic E-state index is -1.67. The zero-order chi connectivity index (χ0) is 19.8. The van der Waals surface area contributed by atoms with Gasteiger partial charge in [0.25, 0.3) is 0 Å². The van der Waals surface area contributed by atoms with Crippen LogP contribution in [-0.4, -0.2) is 56.4 Å². The third-order valence-electron chi connectivity index (χ3n) is 6.47. The van der Waals surface area contributed by atoms with Gasteiger partial charge in [0.2, 0.25) is 3.79 Å². The number of benzene rings is 1. The molecule has 5 rings (SSSR count). The van der Waals surface area contributed by atoms with Gasteiger partial charge in [-0.15, -0.1) is 0 Å². The molecule has 0 radical (unpaired) electrons. The van der Waals surface area contributed by atoms with Crippen molar-refractivity contribution in [2.24, 2.45) is 5.92 Å². The molecule has 2 aliphatic heterocycles. The molecule has 9 heteroatoms. The number of hydrogen-bond acceptors (Lipinski definition) is 5. The monoisotopic (exact) mass is 445 g/mol. The van der Waals surface area contributed by atoms with Gasteiger partial charge in [0.15, 0.2) is 11.5 Å². The van der Waals surface area contributed by atoms with Gasteiger partial charge in [-0.2, -0.15) is 0 Å². The average molecular weight is 447 g/mol. The molecule has 2 aliphatic carbocycles. The van der Waals surface area contributed by atoms with Crippen LogP contribution in [0.1, 0.15) is 17.5 Å². The molecule has 1 fully saturated rings. The minimum Gasteiger partial charge on any atom is -0.504 e. The molecule has 2 N–H and O–H groups in total. The van der Waals surface area contributed by atoms with Crippen LogP contribution in [0.25, 0.3) is 0 Å². The maximum Gasteiger partial charge on any atom is 0.410 e. The number of aromatic hydroxyl groups is 1. The van der Waals surface area contributed by atoms with E-state index >= 15 is 0 Å². The van der Waals surface area contributed by atoms with E-state index in [4.69, 9.17) is 44.3 Å². The Bertz CT molecular complexity index is 885. The molecule has 1 aromatic rings. The number of phenolic OH excluding ortho intramolecular Hbond substituents is 1. The summed E-state index contributed by atoms with van der Waals surface area (Å²) in [6, 6.07) is 3.30. The number of rotatable bonds is 1. The Kier molecular flexibility index (Phi) is 4.05. The Morgan fingerprint density at radius 2 is 2.14 bits per heavy atom. The van der Waals surface area contributed by atoms with Gasteiger partial charge < -0.3 is 24.6 Å². The van der Waals surface area contributed by atoms with Gasteiger partial charge in [-0.05, 0) is 24.5 Å². The Labute approximate surface area is 176 Å². The summed E-state index contributed by atoms with van der Waals surface area (Å²) >= 11 is 17.1. The molecule has 1 saturated heterocycles. The molecule has 0 aromatic heterocycles. The summed E-state index contributed by atoms with van der Waals surface area (Å²) in [5, 5.41) is 20.9. The average Bonchev–Trinajstić information content (AvgIpc) is 2.98. The lowest BCUT2D eigenvalue weighted by Crippen LogP contribution is -2.66. The summed E-state index contributed by atoms with van der Waals surface area (Å²) in [6.07, 6.45) is 3.05. The van der Waals surface area contributed by atoms with Crippen LogP contribution in [0, 0.1) is 5.92 Å². The van der Waals surface area contributed by atoms with Crippen LogP contribution in [0.2, 0.25) is 0 Å². The summed E-state index contributed by atoms with van der Waals surface area (Å²) < 4.78 is 9.63. The van der Waals surface area contributed by atoms with Crippen LogP contribution in [0.5, 0.6) is 11.5 Å². The van der Waals surface area contributed by atoms with Crippen LogP contribution in [0.3, 0.4) is 0 Å². The summed E-state index contributed by atoms with van der Waals surface area (Å²) in [7, 11) is 0. The highest BCUT2D eigenvalue weighted by molar-refractivity contribution is 6.67. The molecular formula is C19H18Cl3NO5. The number of ether oxygens (including phenoxy) is 2. The van der Waals surface area contributed by atoms with Crippen molar-refractivity contribution in [2.45, 2.75) is 40.3 Å². The lowest BCUT2D eigenvalue weighted by Gasteiger charge is -2.56. The summed E-state index contributed by atoms with van der Waals surface area (Å²) in [6.45, 7) is 0.0965. The molecule has 28 heavy (non-hydrogen) atoms. The van der Waals surface area contributed by atoms with Crippen molar-refractivity contribution in [2.75, 3.05) is 13.2 Å². The predicted octanol–water partition coefficient (Wildman–Crippen LogP) is 3.08. The molecule has 2 heterocycles. The normalized spacial score (nSPS) is 34.6. The number of nitrogens with zero attached hydrogens (tertiary/aromatic N) is 1. The maximum absolute atomic E-state index is 12.7. The number of carbonyl (C=O) groups excluding carboxylic acids is 1. The Hall–Kier alpha value is -1.34. The molecule has 2 bridgehead atoms. The lowest BCUT2D eigenvalue weighted by atomic mass is 9.53. The van der Waals surface area contributed by atoms with Crippen LogP contribution in [0.15, 0.2) is 24.3 Å². The van der Waals surface area contributed by atoms with Crippen molar-refractivity contribution >= 4 is 40.9 Å². The van der Waals surface area contributed by atoms with Gasteiger partial charge in [-0.3, -0.25) is 0 Å². The van der Waals surface area contributed by atoms with Gasteiger partial charge in [-0.25, -0.2) is 4.79 Å². The van der Waals surface area contributed by atoms with Gasteiger partial charge in [0.05, 0.1) is 0 Å². The minimum absolute atomic E-state index is 0.0643. The van der Waals surface area contributed by atoms with Gasteiger partial charge in [0, 0.05) is 29.5 Å². The van der Waals surface area contributed by atoms with Crippen molar-refractivity contribution in [1.82, 2.24) is 4.90 Å². The molecule has 1 spiro atoms. The SMILES string of the molecule is O=C(OCC(Cl)(Cl)Cl)N1CC[C@]23c4c5ccc(O)c4O[C@H]2[C@@H](O)C=C[C@H]3[C@H]1C5. The fourth-order valence-corrected chi connectivity index (χ4v) is 5.67. The molecule has 1 amide bonds. The molecular weight excluding hydrogens is 429 g/mol. The third-order valence-corrected chi connectivity index (χ3v) is 6.79. The number of amides is 1. The molecule has 150 valence electrons. The Morgan fingerprint density at radius 3 is 2.89 bits per heavy atom. The summed E-state index contributed by atoms with van der Waals surface area (Å²) in [4.78, 5) is 14.4. The lowest BCUT2D eigenvalue weighted by molar-refractivity contribution is -0.0486. The van der Waals surface area contributed by atoms with Crippen LogP contribution in [-0.2, 0) is 16.6 Å². The smallest absolute Gasteiger partial charge is 0.410 e. The van der Waals surface area contributed by atoms with Crippen molar-refractivity contribution in [3.8, 4) is 11.5 Å². The van der Waals surface area contributed by atoms with E-state index in [0.29, 0.717) is 25.1 Å². The van der Waals surface area contributed by atoms with E-state index in [1.165, 1.54) is 0 Å². The van der Waals surface area contributed by atoms with E-state index < -0.39 is 27.5 Å². The number of piperidine rings is 1. The zero-order valence-corrected chi connectivity index (χ0v) is 16.9. The molecule has 4 aliphatic rings. The van der Waals surface area contributed by atoms with Crippen LogP contribution >= 0.6 is 34.8 Å². The molecule has 6 nitrogen and oxygen atoms in total. The highest BCUT2D eigenvalue weighted by Crippen LogP contribution is 2.62. The van der Waals surface area contributed by atoms with E-state index in [1.807, 2.05) is 12.1 Å².